The van der Waals surface area contributed by atoms with Gasteiger partial charge in [0.2, 0.25) is 5.91 Å². The lowest BCUT2D eigenvalue weighted by molar-refractivity contribution is -0.120. The smallest absolute Gasteiger partial charge is 0.229 e. The van der Waals surface area contributed by atoms with Gasteiger partial charge in [0.1, 0.15) is 23.7 Å². The Bertz CT molecular complexity index is 820. The molecule has 0 spiro atoms. The molecule has 3 N–H and O–H groups in total. The van der Waals surface area contributed by atoms with Crippen LogP contribution in [0, 0.1) is 11.8 Å². The second-order valence-electron chi connectivity index (χ2n) is 7.55. The molecule has 2 aliphatic heterocycles. The summed E-state index contributed by atoms with van der Waals surface area (Å²) in [6.07, 6.45) is 8.84. The van der Waals surface area contributed by atoms with Crippen LogP contribution < -0.4 is 16.0 Å². The Morgan fingerprint density at radius 3 is 2.86 bits per heavy atom. The molecule has 29 heavy (non-hydrogen) atoms. The van der Waals surface area contributed by atoms with Crippen LogP contribution in [0.5, 0.6) is 0 Å². The van der Waals surface area contributed by atoms with Gasteiger partial charge in [-0.15, -0.1) is 0 Å². The maximum absolute atomic E-state index is 12.4. The van der Waals surface area contributed by atoms with Crippen molar-refractivity contribution in [3.8, 4) is 11.4 Å². The number of carbonyl (C=O) groups excluding carboxylic acids is 1. The van der Waals surface area contributed by atoms with Gasteiger partial charge < -0.3 is 20.7 Å². The molecule has 2 aromatic rings. The Morgan fingerprint density at radius 1 is 1.14 bits per heavy atom. The molecule has 0 saturated carbocycles. The monoisotopic (exact) mass is 397 g/mol. The summed E-state index contributed by atoms with van der Waals surface area (Å²) in [6, 6.07) is 1.74. The summed E-state index contributed by atoms with van der Waals surface area (Å²) in [6.45, 7) is 4.17. The number of carbonyl (C=O) groups is 1. The predicted molar refractivity (Wildman–Crippen MR) is 109 cm³/mol. The first-order chi connectivity index (χ1) is 14.3. The van der Waals surface area contributed by atoms with Crippen LogP contribution in [-0.4, -0.2) is 58.7 Å². The van der Waals surface area contributed by atoms with Gasteiger partial charge in [0.05, 0.1) is 24.0 Å². The minimum Gasteiger partial charge on any atom is -0.381 e. The summed E-state index contributed by atoms with van der Waals surface area (Å²) >= 11 is 0. The first-order valence-corrected chi connectivity index (χ1v) is 10.3. The van der Waals surface area contributed by atoms with Gasteiger partial charge >= 0.3 is 0 Å². The van der Waals surface area contributed by atoms with Crippen molar-refractivity contribution in [1.82, 2.24) is 25.3 Å². The number of hydrogen-bond acceptors (Lipinski definition) is 8. The van der Waals surface area contributed by atoms with E-state index in [1.807, 2.05) is 0 Å². The zero-order valence-electron chi connectivity index (χ0n) is 16.4. The van der Waals surface area contributed by atoms with Crippen molar-refractivity contribution < 1.29 is 9.53 Å². The third kappa shape index (κ3) is 5.45. The molecular formula is C20H27N7O2. The minimum atomic E-state index is -0.0281. The predicted octanol–water partition coefficient (Wildman–Crippen LogP) is 1.71. The molecule has 1 amide bonds. The molecule has 1 unspecified atom stereocenters. The van der Waals surface area contributed by atoms with Gasteiger partial charge in [0.15, 0.2) is 0 Å². The first-order valence-electron chi connectivity index (χ1n) is 10.3. The van der Waals surface area contributed by atoms with E-state index < -0.39 is 0 Å². The van der Waals surface area contributed by atoms with Crippen molar-refractivity contribution >= 4 is 17.5 Å². The number of hydrogen-bond donors (Lipinski definition) is 3. The summed E-state index contributed by atoms with van der Waals surface area (Å²) in [5.41, 5.74) is 1.26. The van der Waals surface area contributed by atoms with Crippen LogP contribution in [0.3, 0.4) is 0 Å². The number of aromatic nitrogens is 4. The standard InChI is InChI=1S/C20H27N7O2/c28-20(15-2-1-5-21-10-15)27-18-8-16(24-13-25-18)17-11-22-12-19(26-17)23-9-14-3-6-29-7-4-14/h8,11-15,21H,1-7,9-10H2,(H,23,26)(H,24,25,27,28). The number of amides is 1. The lowest BCUT2D eigenvalue weighted by Gasteiger charge is -2.22. The normalized spacial score (nSPS) is 20.2. The van der Waals surface area contributed by atoms with Crippen LogP contribution in [0.2, 0.25) is 0 Å². The highest BCUT2D eigenvalue weighted by Gasteiger charge is 2.21. The second kappa shape index (κ2) is 9.71. The van der Waals surface area contributed by atoms with Gasteiger partial charge in [-0.1, -0.05) is 0 Å². The zero-order valence-corrected chi connectivity index (χ0v) is 16.4. The molecule has 9 nitrogen and oxygen atoms in total. The molecule has 1 atom stereocenters. The van der Waals surface area contributed by atoms with Crippen molar-refractivity contribution in [3.63, 3.8) is 0 Å². The van der Waals surface area contributed by atoms with Crippen molar-refractivity contribution in [2.45, 2.75) is 25.7 Å². The van der Waals surface area contributed by atoms with Gasteiger partial charge in [0.25, 0.3) is 0 Å². The molecule has 2 saturated heterocycles. The Hall–Kier alpha value is -2.65. The Labute approximate surface area is 170 Å². The van der Waals surface area contributed by atoms with E-state index in [4.69, 9.17) is 4.74 Å². The zero-order chi connectivity index (χ0) is 19.9. The molecule has 4 rings (SSSR count). The Balaban J connectivity index is 1.40. The minimum absolute atomic E-state index is 0.0141. The average Bonchev–Trinajstić information content (AvgIpc) is 2.79. The molecule has 0 aliphatic carbocycles. The van der Waals surface area contributed by atoms with Crippen LogP contribution in [0.25, 0.3) is 11.4 Å². The Kier molecular flexibility index (Phi) is 6.58. The quantitative estimate of drug-likeness (QED) is 0.675. The first kappa shape index (κ1) is 19.7. The molecule has 2 aliphatic rings. The van der Waals surface area contributed by atoms with Crippen LogP contribution in [0.1, 0.15) is 25.7 Å². The van der Waals surface area contributed by atoms with E-state index in [9.17, 15) is 4.79 Å². The van der Waals surface area contributed by atoms with Gasteiger partial charge in [-0.05, 0) is 38.1 Å². The highest BCUT2D eigenvalue weighted by atomic mass is 16.5. The van der Waals surface area contributed by atoms with Gasteiger partial charge in [0, 0.05) is 32.4 Å². The molecule has 0 bridgehead atoms. The maximum atomic E-state index is 12.4. The summed E-state index contributed by atoms with van der Waals surface area (Å²) in [5, 5.41) is 9.52. The highest BCUT2D eigenvalue weighted by molar-refractivity contribution is 5.92. The van der Waals surface area contributed by atoms with E-state index in [1.165, 1.54) is 6.33 Å². The molecule has 2 aromatic heterocycles. The number of rotatable bonds is 6. The van der Waals surface area contributed by atoms with Gasteiger partial charge in [-0.25, -0.2) is 15.0 Å². The lowest BCUT2D eigenvalue weighted by atomic mass is 9.99. The molecular weight excluding hydrogens is 370 g/mol. The maximum Gasteiger partial charge on any atom is 0.229 e. The third-order valence-corrected chi connectivity index (χ3v) is 5.40. The fourth-order valence-corrected chi connectivity index (χ4v) is 3.64. The van der Waals surface area contributed by atoms with Crippen molar-refractivity contribution in [2.75, 3.05) is 43.5 Å². The van der Waals surface area contributed by atoms with Crippen LogP contribution in [0.4, 0.5) is 11.6 Å². The van der Waals surface area contributed by atoms with Crippen LogP contribution in [0.15, 0.2) is 24.8 Å². The largest absolute Gasteiger partial charge is 0.381 e. The Morgan fingerprint density at radius 2 is 2.03 bits per heavy atom. The van der Waals surface area contributed by atoms with E-state index in [-0.39, 0.29) is 11.8 Å². The topological polar surface area (TPSA) is 114 Å². The molecule has 4 heterocycles. The van der Waals surface area contributed by atoms with Gasteiger partial charge in [-0.3, -0.25) is 9.78 Å². The molecule has 9 heteroatoms. The highest BCUT2D eigenvalue weighted by Crippen LogP contribution is 2.20. The van der Waals surface area contributed by atoms with Gasteiger partial charge in [-0.2, -0.15) is 0 Å². The second-order valence-corrected chi connectivity index (χ2v) is 7.55. The van der Waals surface area contributed by atoms with E-state index in [2.05, 4.69) is 35.9 Å². The summed E-state index contributed by atoms with van der Waals surface area (Å²) in [7, 11) is 0. The fourth-order valence-electron chi connectivity index (χ4n) is 3.64. The molecule has 0 aromatic carbocycles. The number of nitrogens with zero attached hydrogens (tertiary/aromatic N) is 4. The van der Waals surface area contributed by atoms with Crippen molar-refractivity contribution in [2.24, 2.45) is 11.8 Å². The summed E-state index contributed by atoms with van der Waals surface area (Å²) in [4.78, 5) is 29.8. The van der Waals surface area contributed by atoms with E-state index in [1.54, 1.807) is 18.5 Å². The summed E-state index contributed by atoms with van der Waals surface area (Å²) in [5.74, 6) is 1.74. The van der Waals surface area contributed by atoms with E-state index >= 15 is 0 Å². The fraction of sp³-hybridized carbons (Fsp3) is 0.550. The van der Waals surface area contributed by atoms with Crippen LogP contribution >= 0.6 is 0 Å². The lowest BCUT2D eigenvalue weighted by Crippen LogP contribution is -2.37. The molecule has 154 valence electrons. The molecule has 2 fully saturated rings. The summed E-state index contributed by atoms with van der Waals surface area (Å²) < 4.78 is 5.40. The van der Waals surface area contributed by atoms with E-state index in [0.717, 1.165) is 52.0 Å². The number of ether oxygens (including phenoxy) is 1. The number of nitrogens with one attached hydrogen (secondary N) is 3. The number of piperidine rings is 1. The SMILES string of the molecule is O=C(Nc1cc(-c2cncc(NCC3CCOCC3)n2)ncn1)C1CCCNC1. The van der Waals surface area contributed by atoms with E-state index in [0.29, 0.717) is 35.5 Å². The van der Waals surface area contributed by atoms with Crippen molar-refractivity contribution in [3.05, 3.63) is 24.8 Å². The molecule has 0 radical (unpaired) electrons. The van der Waals surface area contributed by atoms with Crippen LogP contribution in [-0.2, 0) is 9.53 Å². The third-order valence-electron chi connectivity index (χ3n) is 5.40. The van der Waals surface area contributed by atoms with Crippen molar-refractivity contribution in [1.29, 1.82) is 0 Å². The number of anilines is 2. The average molecular weight is 397 g/mol.